The molecule has 2 heterocycles. The van der Waals surface area contributed by atoms with E-state index in [0.717, 1.165) is 32.5 Å². The number of rotatable bonds is 0. The topological polar surface area (TPSA) is 41.6 Å². The van der Waals surface area contributed by atoms with Crippen molar-refractivity contribution in [2.24, 2.45) is 5.41 Å². The van der Waals surface area contributed by atoms with E-state index in [9.17, 15) is 4.79 Å². The van der Waals surface area contributed by atoms with Crippen LogP contribution in [0, 0.1) is 5.41 Å². The van der Waals surface area contributed by atoms with Gasteiger partial charge in [0.1, 0.15) is 5.60 Å². The summed E-state index contributed by atoms with van der Waals surface area (Å²) in [4.78, 5) is 14.0. The summed E-state index contributed by atoms with van der Waals surface area (Å²) >= 11 is 0. The molecule has 2 unspecified atom stereocenters. The largest absolute Gasteiger partial charge is 0.444 e. The van der Waals surface area contributed by atoms with Gasteiger partial charge in [0, 0.05) is 19.1 Å². The van der Waals surface area contributed by atoms with E-state index in [0.29, 0.717) is 5.41 Å². The number of nitrogens with zero attached hydrogens (tertiary/aromatic N) is 1. The Hall–Kier alpha value is -0.770. The summed E-state index contributed by atoms with van der Waals surface area (Å²) in [5.41, 5.74) is 0.0266. The van der Waals surface area contributed by atoms with Gasteiger partial charge in [-0.2, -0.15) is 0 Å². The molecule has 4 heteroatoms. The van der Waals surface area contributed by atoms with Gasteiger partial charge in [0.2, 0.25) is 0 Å². The molecule has 0 aromatic heterocycles. The first-order valence-corrected chi connectivity index (χ1v) is 7.02. The van der Waals surface area contributed by atoms with E-state index in [4.69, 9.17) is 4.74 Å². The number of amides is 1. The van der Waals surface area contributed by atoms with Gasteiger partial charge in [-0.25, -0.2) is 4.79 Å². The first-order chi connectivity index (χ1) is 8.31. The molecule has 2 fully saturated rings. The Morgan fingerprint density at radius 2 is 2.11 bits per heavy atom. The van der Waals surface area contributed by atoms with Gasteiger partial charge in [-0.3, -0.25) is 0 Å². The van der Waals surface area contributed by atoms with E-state index in [-0.39, 0.29) is 12.1 Å². The maximum atomic E-state index is 12.1. The fourth-order valence-corrected chi connectivity index (χ4v) is 3.19. The maximum absolute atomic E-state index is 12.1. The first kappa shape index (κ1) is 13.7. The fraction of sp³-hybridized carbons (Fsp3) is 0.929. The van der Waals surface area contributed by atoms with Crippen molar-refractivity contribution in [1.29, 1.82) is 0 Å². The van der Waals surface area contributed by atoms with E-state index >= 15 is 0 Å². The zero-order valence-corrected chi connectivity index (χ0v) is 12.1. The zero-order chi connectivity index (χ0) is 13.4. The summed E-state index contributed by atoms with van der Waals surface area (Å²) in [6.07, 6.45) is 3.29. The molecule has 0 aromatic rings. The molecule has 1 N–H and O–H groups in total. The Balaban J connectivity index is 1.95. The van der Waals surface area contributed by atoms with Crippen molar-refractivity contribution in [2.75, 3.05) is 19.6 Å². The van der Waals surface area contributed by atoms with E-state index < -0.39 is 5.60 Å². The summed E-state index contributed by atoms with van der Waals surface area (Å²) in [5, 5.41) is 3.45. The highest BCUT2D eigenvalue weighted by atomic mass is 16.6. The highest BCUT2D eigenvalue weighted by molar-refractivity contribution is 5.68. The van der Waals surface area contributed by atoms with Gasteiger partial charge in [-0.1, -0.05) is 0 Å². The predicted octanol–water partition coefficient (Wildman–Crippen LogP) is 2.39. The maximum Gasteiger partial charge on any atom is 0.410 e. The summed E-state index contributed by atoms with van der Waals surface area (Å²) in [6, 6.07) is 0.286. The second-order valence-corrected chi connectivity index (χ2v) is 6.90. The molecule has 0 radical (unpaired) electrons. The number of hydrogen-bond acceptors (Lipinski definition) is 3. The van der Waals surface area contributed by atoms with Crippen LogP contribution in [0.25, 0.3) is 0 Å². The number of likely N-dealkylation sites (tertiary alicyclic amines) is 1. The molecular formula is C14H26N2O2. The Morgan fingerprint density at radius 1 is 1.39 bits per heavy atom. The van der Waals surface area contributed by atoms with Gasteiger partial charge >= 0.3 is 6.09 Å². The van der Waals surface area contributed by atoms with Crippen LogP contribution in [0.4, 0.5) is 4.79 Å². The van der Waals surface area contributed by atoms with E-state index in [2.05, 4.69) is 12.2 Å². The Labute approximate surface area is 110 Å². The van der Waals surface area contributed by atoms with Crippen LogP contribution >= 0.6 is 0 Å². The quantitative estimate of drug-likeness (QED) is 0.721. The van der Waals surface area contributed by atoms with Crippen LogP contribution in [0.15, 0.2) is 0 Å². The lowest BCUT2D eigenvalue weighted by molar-refractivity contribution is -0.00245. The van der Waals surface area contributed by atoms with Crippen molar-refractivity contribution in [3.63, 3.8) is 0 Å². The molecule has 2 rings (SSSR count). The van der Waals surface area contributed by atoms with Crippen LogP contribution in [0.3, 0.4) is 0 Å². The number of piperidine rings is 1. The molecule has 0 bridgehead atoms. The van der Waals surface area contributed by atoms with Crippen LogP contribution in [-0.4, -0.2) is 42.3 Å². The number of hydrogen-bond donors (Lipinski definition) is 1. The molecule has 0 aliphatic carbocycles. The Kier molecular flexibility index (Phi) is 3.58. The number of carbonyl (C=O) groups excluding carboxylic acids is 1. The smallest absolute Gasteiger partial charge is 0.410 e. The Morgan fingerprint density at radius 3 is 2.61 bits per heavy atom. The van der Waals surface area contributed by atoms with Crippen LogP contribution in [0.2, 0.25) is 0 Å². The number of nitrogens with one attached hydrogen (secondary N) is 1. The highest BCUT2D eigenvalue weighted by Gasteiger charge is 2.42. The van der Waals surface area contributed by atoms with Gasteiger partial charge in [-0.05, 0) is 58.9 Å². The molecule has 4 nitrogen and oxygen atoms in total. The van der Waals surface area contributed by atoms with Crippen molar-refractivity contribution in [3.05, 3.63) is 0 Å². The average molecular weight is 254 g/mol. The number of carbonyl (C=O) groups is 1. The standard InChI is InChI=1S/C14H26N2O2/c1-11-9-14(5-7-15-10-14)6-8-16(11)12(17)18-13(2,3)4/h11,15H,5-10H2,1-4H3. The van der Waals surface area contributed by atoms with Crippen molar-refractivity contribution in [2.45, 2.75) is 58.6 Å². The summed E-state index contributed by atoms with van der Waals surface area (Å²) in [6.45, 7) is 11.0. The molecule has 0 saturated carbocycles. The van der Waals surface area contributed by atoms with Crippen molar-refractivity contribution in [3.8, 4) is 0 Å². The van der Waals surface area contributed by atoms with Gasteiger partial charge in [0.15, 0.2) is 0 Å². The van der Waals surface area contributed by atoms with Gasteiger partial charge in [0.05, 0.1) is 0 Å². The average Bonchev–Trinajstić information content (AvgIpc) is 2.63. The van der Waals surface area contributed by atoms with Crippen LogP contribution in [0.1, 0.15) is 47.0 Å². The molecule has 2 aliphatic heterocycles. The van der Waals surface area contributed by atoms with E-state index in [1.807, 2.05) is 25.7 Å². The lowest BCUT2D eigenvalue weighted by Crippen LogP contribution is -2.50. The third-order valence-electron chi connectivity index (χ3n) is 4.10. The molecule has 2 saturated heterocycles. The molecule has 104 valence electrons. The van der Waals surface area contributed by atoms with Crippen LogP contribution in [0.5, 0.6) is 0 Å². The lowest BCUT2D eigenvalue weighted by atomic mass is 9.75. The summed E-state index contributed by atoms with van der Waals surface area (Å²) in [5.74, 6) is 0. The zero-order valence-electron chi connectivity index (χ0n) is 12.1. The van der Waals surface area contributed by atoms with E-state index in [1.165, 1.54) is 6.42 Å². The second kappa shape index (κ2) is 4.72. The third-order valence-corrected chi connectivity index (χ3v) is 4.10. The van der Waals surface area contributed by atoms with Crippen molar-refractivity contribution >= 4 is 6.09 Å². The normalized spacial score (nSPS) is 32.9. The van der Waals surface area contributed by atoms with Gasteiger partial charge in [0.25, 0.3) is 0 Å². The molecular weight excluding hydrogens is 228 g/mol. The van der Waals surface area contributed by atoms with Crippen LogP contribution in [-0.2, 0) is 4.74 Å². The number of ether oxygens (including phenoxy) is 1. The first-order valence-electron chi connectivity index (χ1n) is 7.02. The minimum atomic E-state index is -0.402. The minimum absolute atomic E-state index is 0.157. The van der Waals surface area contributed by atoms with Gasteiger partial charge in [-0.15, -0.1) is 0 Å². The van der Waals surface area contributed by atoms with E-state index in [1.54, 1.807) is 0 Å². The SMILES string of the molecule is CC1CC2(CCNC2)CCN1C(=O)OC(C)(C)C. The fourth-order valence-electron chi connectivity index (χ4n) is 3.19. The molecule has 2 atom stereocenters. The predicted molar refractivity (Wildman–Crippen MR) is 71.6 cm³/mol. The third kappa shape index (κ3) is 2.97. The monoisotopic (exact) mass is 254 g/mol. The minimum Gasteiger partial charge on any atom is -0.444 e. The molecule has 18 heavy (non-hydrogen) atoms. The van der Waals surface area contributed by atoms with Crippen LogP contribution < -0.4 is 5.32 Å². The summed E-state index contributed by atoms with van der Waals surface area (Å²) < 4.78 is 5.47. The van der Waals surface area contributed by atoms with Crippen molar-refractivity contribution in [1.82, 2.24) is 10.2 Å². The molecule has 1 amide bonds. The highest BCUT2D eigenvalue weighted by Crippen LogP contribution is 2.39. The molecule has 0 aromatic carbocycles. The van der Waals surface area contributed by atoms with Gasteiger partial charge < -0.3 is 15.0 Å². The molecule has 1 spiro atoms. The lowest BCUT2D eigenvalue weighted by Gasteiger charge is -2.43. The second-order valence-electron chi connectivity index (χ2n) is 6.90. The molecule has 2 aliphatic rings. The summed E-state index contributed by atoms with van der Waals surface area (Å²) in [7, 11) is 0. The van der Waals surface area contributed by atoms with Crippen molar-refractivity contribution < 1.29 is 9.53 Å². The Bertz CT molecular complexity index is 316.